The monoisotopic (exact) mass is 279 g/mol. The van der Waals surface area contributed by atoms with Gasteiger partial charge in [-0.3, -0.25) is 14.9 Å². The van der Waals surface area contributed by atoms with Crippen molar-refractivity contribution in [2.75, 3.05) is 5.75 Å². The van der Waals surface area contributed by atoms with Crippen molar-refractivity contribution in [2.24, 2.45) is 14.1 Å². The van der Waals surface area contributed by atoms with Crippen molar-refractivity contribution in [1.29, 1.82) is 0 Å². The number of hydrogen-bond donors (Lipinski definition) is 1. The largest absolute Gasteiger partial charge is 0.347 e. The van der Waals surface area contributed by atoms with Crippen molar-refractivity contribution < 1.29 is 9.59 Å². The molecule has 0 aliphatic carbocycles. The smallest absolute Gasteiger partial charge is 0.274 e. The molecule has 100 valence electrons. The van der Waals surface area contributed by atoms with E-state index in [2.05, 4.69) is 15.5 Å². The van der Waals surface area contributed by atoms with Gasteiger partial charge in [-0.25, -0.2) is 0 Å². The Morgan fingerprint density at radius 2 is 2.16 bits per heavy atom. The Kier molecular flexibility index (Phi) is 4.00. The second-order valence-electron chi connectivity index (χ2n) is 3.89. The number of rotatable bonds is 4. The molecular formula is C11H13N5O2S. The summed E-state index contributed by atoms with van der Waals surface area (Å²) in [5, 5.41) is 10.5. The van der Waals surface area contributed by atoms with E-state index in [-0.39, 0.29) is 11.7 Å². The van der Waals surface area contributed by atoms with Gasteiger partial charge in [-0.15, -0.1) is 10.2 Å². The Balaban J connectivity index is 1.87. The van der Waals surface area contributed by atoms with Crippen LogP contribution in [0, 0.1) is 0 Å². The number of carbonyl (C=O) groups is 2. The Morgan fingerprint density at radius 3 is 2.74 bits per heavy atom. The molecule has 0 aromatic carbocycles. The second kappa shape index (κ2) is 5.70. The zero-order chi connectivity index (χ0) is 13.8. The fourth-order valence-electron chi connectivity index (χ4n) is 1.46. The molecule has 2 aromatic heterocycles. The van der Waals surface area contributed by atoms with Crippen LogP contribution < -0.4 is 5.32 Å². The van der Waals surface area contributed by atoms with Crippen LogP contribution in [0.15, 0.2) is 29.8 Å². The van der Waals surface area contributed by atoms with Crippen LogP contribution in [0.25, 0.3) is 0 Å². The molecule has 0 spiro atoms. The highest BCUT2D eigenvalue weighted by molar-refractivity contribution is 7.99. The number of imide groups is 1. The second-order valence-corrected chi connectivity index (χ2v) is 4.84. The summed E-state index contributed by atoms with van der Waals surface area (Å²) < 4.78 is 3.36. The normalized spacial score (nSPS) is 10.4. The molecule has 7 nitrogen and oxygen atoms in total. The maximum Gasteiger partial charge on any atom is 0.274 e. The molecule has 0 bridgehead atoms. The molecule has 0 saturated carbocycles. The third kappa shape index (κ3) is 3.22. The van der Waals surface area contributed by atoms with Crippen LogP contribution in [0.5, 0.6) is 0 Å². The lowest BCUT2D eigenvalue weighted by atomic mass is 10.4. The van der Waals surface area contributed by atoms with E-state index >= 15 is 0 Å². The molecule has 0 atom stereocenters. The number of aryl methyl sites for hydroxylation is 2. The summed E-state index contributed by atoms with van der Waals surface area (Å²) in [5.74, 6) is -0.654. The molecule has 0 aliphatic rings. The maximum atomic E-state index is 11.8. The number of amides is 2. The van der Waals surface area contributed by atoms with Gasteiger partial charge in [0.25, 0.3) is 5.91 Å². The summed E-state index contributed by atoms with van der Waals surface area (Å²) >= 11 is 1.22. The van der Waals surface area contributed by atoms with Crippen LogP contribution in [0.1, 0.15) is 10.5 Å². The summed E-state index contributed by atoms with van der Waals surface area (Å²) in [6, 6.07) is 3.39. The zero-order valence-corrected chi connectivity index (χ0v) is 11.3. The molecule has 0 radical (unpaired) electrons. The van der Waals surface area contributed by atoms with Gasteiger partial charge in [0.2, 0.25) is 5.91 Å². The van der Waals surface area contributed by atoms with Gasteiger partial charge in [-0.2, -0.15) is 0 Å². The summed E-state index contributed by atoms with van der Waals surface area (Å²) in [6.07, 6.45) is 3.29. The Hall–Kier alpha value is -2.09. The first kappa shape index (κ1) is 13.3. The lowest BCUT2D eigenvalue weighted by Crippen LogP contribution is -2.33. The molecule has 1 N–H and O–H groups in total. The summed E-state index contributed by atoms with van der Waals surface area (Å²) in [6.45, 7) is 0. The van der Waals surface area contributed by atoms with Crippen molar-refractivity contribution >= 4 is 23.6 Å². The molecule has 0 aliphatic heterocycles. The van der Waals surface area contributed by atoms with Gasteiger partial charge in [0.15, 0.2) is 5.16 Å². The molecule has 2 amide bonds. The molecule has 2 aromatic rings. The van der Waals surface area contributed by atoms with Crippen LogP contribution >= 0.6 is 11.8 Å². The van der Waals surface area contributed by atoms with Gasteiger partial charge in [-0.1, -0.05) is 11.8 Å². The highest BCUT2D eigenvalue weighted by Gasteiger charge is 2.13. The average molecular weight is 279 g/mol. The van der Waals surface area contributed by atoms with E-state index in [1.165, 1.54) is 11.8 Å². The molecule has 8 heteroatoms. The zero-order valence-electron chi connectivity index (χ0n) is 10.5. The van der Waals surface area contributed by atoms with E-state index in [1.807, 2.05) is 0 Å². The first-order valence-corrected chi connectivity index (χ1v) is 6.49. The van der Waals surface area contributed by atoms with E-state index in [0.29, 0.717) is 10.9 Å². The molecule has 19 heavy (non-hydrogen) atoms. The lowest BCUT2D eigenvalue weighted by Gasteiger charge is -2.04. The van der Waals surface area contributed by atoms with E-state index in [4.69, 9.17) is 0 Å². The molecule has 0 saturated heterocycles. The number of hydrogen-bond acceptors (Lipinski definition) is 5. The highest BCUT2D eigenvalue weighted by atomic mass is 32.2. The molecular weight excluding hydrogens is 266 g/mol. The number of nitrogens with one attached hydrogen (secondary N) is 1. The van der Waals surface area contributed by atoms with Gasteiger partial charge in [0.1, 0.15) is 12.0 Å². The van der Waals surface area contributed by atoms with Crippen LogP contribution in [-0.4, -0.2) is 36.9 Å². The Labute approximate surface area is 114 Å². The fourth-order valence-corrected chi connectivity index (χ4v) is 2.15. The molecule has 0 unspecified atom stereocenters. The van der Waals surface area contributed by atoms with Gasteiger partial charge in [-0.05, 0) is 12.1 Å². The number of nitrogens with zero attached hydrogens (tertiary/aromatic N) is 4. The molecule has 2 heterocycles. The van der Waals surface area contributed by atoms with Crippen molar-refractivity contribution in [3.63, 3.8) is 0 Å². The average Bonchev–Trinajstić information content (AvgIpc) is 2.95. The topological polar surface area (TPSA) is 81.8 Å². The summed E-state index contributed by atoms with van der Waals surface area (Å²) in [5.41, 5.74) is 0.442. The van der Waals surface area contributed by atoms with Gasteiger partial charge in [0.05, 0.1) is 5.75 Å². The van der Waals surface area contributed by atoms with Crippen LogP contribution in [0.2, 0.25) is 0 Å². The Morgan fingerprint density at radius 1 is 1.37 bits per heavy atom. The minimum Gasteiger partial charge on any atom is -0.347 e. The minimum atomic E-state index is -0.406. The van der Waals surface area contributed by atoms with E-state index < -0.39 is 5.91 Å². The fraction of sp³-hybridized carbons (Fsp3) is 0.273. The number of aromatic nitrogens is 4. The van der Waals surface area contributed by atoms with Crippen molar-refractivity contribution in [1.82, 2.24) is 24.6 Å². The van der Waals surface area contributed by atoms with Crippen LogP contribution in [-0.2, 0) is 18.9 Å². The number of thioether (sulfide) groups is 1. The van der Waals surface area contributed by atoms with Gasteiger partial charge < -0.3 is 9.13 Å². The van der Waals surface area contributed by atoms with Crippen molar-refractivity contribution in [2.45, 2.75) is 5.16 Å². The maximum absolute atomic E-state index is 11.8. The summed E-state index contributed by atoms with van der Waals surface area (Å²) in [7, 11) is 3.53. The predicted octanol–water partition coefficient (Wildman–Crippen LogP) is 0.202. The first-order valence-electron chi connectivity index (χ1n) is 5.50. The predicted molar refractivity (Wildman–Crippen MR) is 69.6 cm³/mol. The van der Waals surface area contributed by atoms with Gasteiger partial charge >= 0.3 is 0 Å². The summed E-state index contributed by atoms with van der Waals surface area (Å²) in [4.78, 5) is 23.4. The SMILES string of the molecule is Cn1cccc1C(=O)NC(=O)CSc1nncn1C. The quantitative estimate of drug-likeness (QED) is 0.809. The third-order valence-electron chi connectivity index (χ3n) is 2.43. The van der Waals surface area contributed by atoms with Crippen LogP contribution in [0.3, 0.4) is 0 Å². The standard InChI is InChI=1S/C11H13N5O2S/c1-15-5-3-4-8(15)10(18)13-9(17)6-19-11-14-12-7-16(11)2/h3-5,7H,6H2,1-2H3,(H,13,17,18). The van der Waals surface area contributed by atoms with E-state index in [1.54, 1.807) is 47.9 Å². The van der Waals surface area contributed by atoms with Crippen LogP contribution in [0.4, 0.5) is 0 Å². The Bertz CT molecular complexity index is 604. The molecule has 0 fully saturated rings. The lowest BCUT2D eigenvalue weighted by molar-refractivity contribution is -0.117. The van der Waals surface area contributed by atoms with Crippen molar-refractivity contribution in [3.05, 3.63) is 30.4 Å². The minimum absolute atomic E-state index is 0.114. The van der Waals surface area contributed by atoms with Crippen molar-refractivity contribution in [3.8, 4) is 0 Å². The van der Waals surface area contributed by atoms with Gasteiger partial charge in [0, 0.05) is 20.3 Å². The number of carbonyl (C=O) groups excluding carboxylic acids is 2. The molecule has 2 rings (SSSR count). The highest BCUT2D eigenvalue weighted by Crippen LogP contribution is 2.12. The van der Waals surface area contributed by atoms with E-state index in [9.17, 15) is 9.59 Å². The van der Waals surface area contributed by atoms with E-state index in [0.717, 1.165) is 0 Å². The first-order chi connectivity index (χ1) is 9.08. The third-order valence-corrected chi connectivity index (χ3v) is 3.47.